The number of ether oxygens (including phenoxy) is 1. The van der Waals surface area contributed by atoms with Gasteiger partial charge < -0.3 is 14.6 Å². The third-order valence-electron chi connectivity index (χ3n) is 4.21. The fourth-order valence-electron chi connectivity index (χ4n) is 2.79. The topological polar surface area (TPSA) is 107 Å². The lowest BCUT2D eigenvalue weighted by Crippen LogP contribution is -2.16. The van der Waals surface area contributed by atoms with Gasteiger partial charge in [-0.3, -0.25) is 9.20 Å². The van der Waals surface area contributed by atoms with Gasteiger partial charge in [0.15, 0.2) is 11.5 Å². The molecule has 1 amide bonds. The largest absolute Gasteiger partial charge is 0.495 e. The zero-order valence-electron chi connectivity index (χ0n) is 15.4. The van der Waals surface area contributed by atoms with Crippen LogP contribution in [0.4, 0.5) is 5.69 Å². The highest BCUT2D eigenvalue weighted by Crippen LogP contribution is 2.23. The molecule has 4 rings (SSSR count). The normalized spacial score (nSPS) is 10.9. The summed E-state index contributed by atoms with van der Waals surface area (Å²) in [6, 6.07) is 10.8. The van der Waals surface area contributed by atoms with Crippen molar-refractivity contribution >= 4 is 17.2 Å². The minimum absolute atomic E-state index is 0.0686. The second-order valence-electron chi connectivity index (χ2n) is 6.05. The summed E-state index contributed by atoms with van der Waals surface area (Å²) in [5, 5.41) is 15.0. The quantitative estimate of drug-likeness (QED) is 0.549. The number of nitrogens with zero attached hydrogens (tertiary/aromatic N) is 5. The van der Waals surface area contributed by atoms with Crippen molar-refractivity contribution in [1.29, 1.82) is 0 Å². The molecular weight excluding hydrogens is 360 g/mol. The molecule has 0 spiro atoms. The van der Waals surface area contributed by atoms with Gasteiger partial charge in [-0.15, -0.1) is 10.2 Å². The van der Waals surface area contributed by atoms with Gasteiger partial charge >= 0.3 is 0 Å². The Morgan fingerprint density at radius 2 is 2.11 bits per heavy atom. The van der Waals surface area contributed by atoms with Crippen LogP contribution < -0.4 is 10.1 Å². The van der Waals surface area contributed by atoms with Crippen molar-refractivity contribution in [2.24, 2.45) is 0 Å². The second-order valence-corrected chi connectivity index (χ2v) is 6.05. The number of anilines is 1. The van der Waals surface area contributed by atoms with E-state index >= 15 is 0 Å². The lowest BCUT2D eigenvalue weighted by Gasteiger charge is -2.09. The smallest absolute Gasteiger partial charge is 0.258 e. The number of rotatable bonds is 6. The van der Waals surface area contributed by atoms with Crippen molar-refractivity contribution in [2.75, 3.05) is 12.4 Å². The SMILES string of the molecule is CCc1noc(-c2ccn3c(CC(=O)Nc4ccccc4OC)nnc3c2)n1. The molecule has 28 heavy (non-hydrogen) atoms. The number of aryl methyl sites for hydroxylation is 1. The number of benzene rings is 1. The molecule has 0 saturated carbocycles. The molecule has 3 heterocycles. The Kier molecular flexibility index (Phi) is 4.71. The first-order valence-electron chi connectivity index (χ1n) is 8.77. The first-order chi connectivity index (χ1) is 13.7. The molecule has 0 aliphatic rings. The third-order valence-corrected chi connectivity index (χ3v) is 4.21. The molecule has 0 aliphatic heterocycles. The van der Waals surface area contributed by atoms with Crippen LogP contribution in [-0.2, 0) is 17.6 Å². The zero-order valence-corrected chi connectivity index (χ0v) is 15.4. The highest BCUT2D eigenvalue weighted by Gasteiger charge is 2.15. The monoisotopic (exact) mass is 378 g/mol. The number of para-hydroxylation sites is 2. The number of hydrogen-bond donors (Lipinski definition) is 1. The summed E-state index contributed by atoms with van der Waals surface area (Å²) in [6.45, 7) is 1.96. The Hall–Kier alpha value is -3.75. The predicted molar refractivity (Wildman–Crippen MR) is 101 cm³/mol. The van der Waals surface area contributed by atoms with Gasteiger partial charge in [-0.1, -0.05) is 24.2 Å². The van der Waals surface area contributed by atoms with Gasteiger partial charge in [-0.25, -0.2) is 0 Å². The number of pyridine rings is 1. The van der Waals surface area contributed by atoms with Crippen LogP contribution in [0.5, 0.6) is 5.75 Å². The Morgan fingerprint density at radius 1 is 1.25 bits per heavy atom. The maximum absolute atomic E-state index is 12.4. The summed E-state index contributed by atoms with van der Waals surface area (Å²) in [6.07, 6.45) is 2.55. The molecule has 9 heteroatoms. The van der Waals surface area contributed by atoms with E-state index in [2.05, 4.69) is 25.7 Å². The minimum atomic E-state index is -0.215. The van der Waals surface area contributed by atoms with Crippen LogP contribution in [0.2, 0.25) is 0 Å². The maximum atomic E-state index is 12.4. The average molecular weight is 378 g/mol. The van der Waals surface area contributed by atoms with E-state index in [9.17, 15) is 4.79 Å². The first-order valence-corrected chi connectivity index (χ1v) is 8.77. The lowest BCUT2D eigenvalue weighted by atomic mass is 10.2. The highest BCUT2D eigenvalue weighted by atomic mass is 16.5. The summed E-state index contributed by atoms with van der Waals surface area (Å²) >= 11 is 0. The summed E-state index contributed by atoms with van der Waals surface area (Å²) in [4.78, 5) is 16.7. The van der Waals surface area contributed by atoms with Gasteiger partial charge in [0.05, 0.1) is 19.2 Å². The zero-order chi connectivity index (χ0) is 19.5. The molecule has 0 aliphatic carbocycles. The number of carbonyl (C=O) groups is 1. The Labute approximate surface area is 160 Å². The molecule has 4 aromatic rings. The lowest BCUT2D eigenvalue weighted by molar-refractivity contribution is -0.115. The number of amides is 1. The van der Waals surface area contributed by atoms with Crippen LogP contribution in [0, 0.1) is 0 Å². The van der Waals surface area contributed by atoms with Crippen molar-refractivity contribution in [3.05, 3.63) is 54.2 Å². The molecule has 0 atom stereocenters. The van der Waals surface area contributed by atoms with Gasteiger partial charge in [-0.2, -0.15) is 4.98 Å². The second kappa shape index (κ2) is 7.47. The molecule has 9 nitrogen and oxygen atoms in total. The number of nitrogens with one attached hydrogen (secondary N) is 1. The van der Waals surface area contributed by atoms with Crippen LogP contribution in [-0.4, -0.2) is 37.8 Å². The van der Waals surface area contributed by atoms with E-state index in [1.807, 2.05) is 25.1 Å². The standard InChI is InChI=1S/C19H18N6O3/c1-3-15-21-19(28-24-15)12-8-9-25-16(10-12)22-23-17(25)11-18(26)20-13-6-4-5-7-14(13)27-2/h4-10H,3,11H2,1-2H3,(H,20,26). The maximum Gasteiger partial charge on any atom is 0.258 e. The van der Waals surface area contributed by atoms with E-state index < -0.39 is 0 Å². The molecule has 0 unspecified atom stereocenters. The molecule has 1 N–H and O–H groups in total. The van der Waals surface area contributed by atoms with E-state index in [0.717, 1.165) is 5.56 Å². The molecule has 1 aromatic carbocycles. The number of hydrogen-bond acceptors (Lipinski definition) is 7. The summed E-state index contributed by atoms with van der Waals surface area (Å²) < 4.78 is 12.3. The molecule has 0 bridgehead atoms. The van der Waals surface area contributed by atoms with Crippen LogP contribution in [0.1, 0.15) is 18.6 Å². The van der Waals surface area contributed by atoms with Crippen LogP contribution >= 0.6 is 0 Å². The fourth-order valence-corrected chi connectivity index (χ4v) is 2.79. The number of fused-ring (bicyclic) bond motifs is 1. The van der Waals surface area contributed by atoms with Crippen molar-refractivity contribution in [1.82, 2.24) is 24.7 Å². The van der Waals surface area contributed by atoms with Crippen molar-refractivity contribution in [2.45, 2.75) is 19.8 Å². The molecule has 0 radical (unpaired) electrons. The van der Waals surface area contributed by atoms with Crippen LogP contribution in [0.15, 0.2) is 47.1 Å². The Balaban J connectivity index is 1.54. The highest BCUT2D eigenvalue weighted by molar-refractivity contribution is 5.93. The first kappa shape index (κ1) is 17.7. The molecule has 3 aromatic heterocycles. The van der Waals surface area contributed by atoms with E-state index in [4.69, 9.17) is 9.26 Å². The molecular formula is C19H18N6O3. The predicted octanol–water partition coefficient (Wildman–Crippen LogP) is 2.53. The van der Waals surface area contributed by atoms with Crippen molar-refractivity contribution in [3.63, 3.8) is 0 Å². The van der Waals surface area contributed by atoms with Crippen molar-refractivity contribution in [3.8, 4) is 17.2 Å². The van der Waals surface area contributed by atoms with Gasteiger partial charge in [-0.05, 0) is 24.3 Å². The minimum Gasteiger partial charge on any atom is -0.495 e. The van der Waals surface area contributed by atoms with Gasteiger partial charge in [0, 0.05) is 18.2 Å². The van der Waals surface area contributed by atoms with E-state index in [1.54, 1.807) is 35.9 Å². The summed E-state index contributed by atoms with van der Waals surface area (Å²) in [5.41, 5.74) is 1.94. The number of aromatic nitrogens is 5. The molecule has 142 valence electrons. The number of methoxy groups -OCH3 is 1. The van der Waals surface area contributed by atoms with Crippen LogP contribution in [0.25, 0.3) is 17.1 Å². The molecule has 0 saturated heterocycles. The average Bonchev–Trinajstić information content (AvgIpc) is 3.35. The van der Waals surface area contributed by atoms with Gasteiger partial charge in [0.1, 0.15) is 11.6 Å². The summed E-state index contributed by atoms with van der Waals surface area (Å²) in [7, 11) is 1.56. The van der Waals surface area contributed by atoms with Gasteiger partial charge in [0.2, 0.25) is 5.91 Å². The van der Waals surface area contributed by atoms with E-state index in [0.29, 0.717) is 41.0 Å². The third kappa shape index (κ3) is 3.41. The van der Waals surface area contributed by atoms with Crippen LogP contribution in [0.3, 0.4) is 0 Å². The Bertz CT molecular complexity index is 1130. The fraction of sp³-hybridized carbons (Fsp3) is 0.211. The van der Waals surface area contributed by atoms with E-state index in [1.165, 1.54) is 0 Å². The Morgan fingerprint density at radius 3 is 2.89 bits per heavy atom. The van der Waals surface area contributed by atoms with Crippen molar-refractivity contribution < 1.29 is 14.1 Å². The number of carbonyl (C=O) groups excluding carboxylic acids is 1. The molecule has 0 fully saturated rings. The summed E-state index contributed by atoms with van der Waals surface area (Å²) in [5.74, 6) is 1.97. The van der Waals surface area contributed by atoms with E-state index in [-0.39, 0.29) is 12.3 Å². The van der Waals surface area contributed by atoms with Gasteiger partial charge in [0.25, 0.3) is 5.89 Å².